The van der Waals surface area contributed by atoms with Crippen molar-refractivity contribution in [2.24, 2.45) is 0 Å². The molecule has 15 heavy (non-hydrogen) atoms. The number of halogens is 3. The average Bonchev–Trinajstić information content (AvgIpc) is 2.11. The molecule has 0 aliphatic rings. The third-order valence-electron chi connectivity index (χ3n) is 1.58. The predicted octanol–water partition coefficient (Wildman–Crippen LogP) is 3.55. The molecule has 0 atom stereocenters. The van der Waals surface area contributed by atoms with E-state index in [0.29, 0.717) is 21.8 Å². The molecule has 0 saturated carbocycles. The topological polar surface area (TPSA) is 24.1 Å². The first-order valence-electron chi connectivity index (χ1n) is 4.24. The Hall–Kier alpha value is -0.390. The Morgan fingerprint density at radius 2 is 2.27 bits per heavy atom. The molecule has 1 aromatic carbocycles. The Morgan fingerprint density at radius 3 is 2.80 bits per heavy atom. The second kappa shape index (κ2) is 5.63. The first-order chi connectivity index (χ1) is 7.04. The maximum atomic E-state index is 12.9. The van der Waals surface area contributed by atoms with E-state index in [1.54, 1.807) is 0 Å². The van der Waals surface area contributed by atoms with E-state index in [9.17, 15) is 4.39 Å². The molecule has 6 heteroatoms. The zero-order valence-corrected chi connectivity index (χ0v) is 11.1. The second-order valence-electron chi connectivity index (χ2n) is 2.73. The Kier molecular flexibility index (Phi) is 4.76. The molecule has 0 radical (unpaired) electrons. The number of hydrogen-bond donors (Lipinski definition) is 2. The lowest BCUT2D eigenvalue weighted by molar-refractivity contribution is 0.627. The number of nitrogens with one attached hydrogen (secondary N) is 2. The van der Waals surface area contributed by atoms with E-state index in [2.05, 4.69) is 26.6 Å². The van der Waals surface area contributed by atoms with E-state index >= 15 is 0 Å². The molecule has 0 heterocycles. The Balaban J connectivity index is 2.90. The summed E-state index contributed by atoms with van der Waals surface area (Å²) < 4.78 is 13.4. The molecule has 0 amide bonds. The van der Waals surface area contributed by atoms with Gasteiger partial charge in [-0.15, -0.1) is 0 Å². The summed E-state index contributed by atoms with van der Waals surface area (Å²) in [4.78, 5) is 0. The molecule has 0 aliphatic heterocycles. The molecule has 1 rings (SSSR count). The van der Waals surface area contributed by atoms with Gasteiger partial charge in [0.1, 0.15) is 5.82 Å². The number of hydrogen-bond acceptors (Lipinski definition) is 1. The summed E-state index contributed by atoms with van der Waals surface area (Å²) in [6.07, 6.45) is 0. The van der Waals surface area contributed by atoms with Crippen LogP contribution in [0.15, 0.2) is 16.6 Å². The maximum absolute atomic E-state index is 12.9. The summed E-state index contributed by atoms with van der Waals surface area (Å²) in [5, 5.41) is 6.52. The van der Waals surface area contributed by atoms with Gasteiger partial charge in [0, 0.05) is 11.0 Å². The van der Waals surface area contributed by atoms with E-state index in [0.717, 1.165) is 0 Å². The van der Waals surface area contributed by atoms with Gasteiger partial charge in [-0.05, 0) is 47.2 Å². The minimum absolute atomic E-state index is 0.280. The lowest BCUT2D eigenvalue weighted by Gasteiger charge is -2.12. The van der Waals surface area contributed by atoms with Crippen LogP contribution in [0.25, 0.3) is 0 Å². The van der Waals surface area contributed by atoms with Crippen molar-refractivity contribution in [3.8, 4) is 0 Å². The van der Waals surface area contributed by atoms with Crippen LogP contribution in [0, 0.1) is 5.82 Å². The average molecular weight is 312 g/mol. The molecule has 2 nitrogen and oxygen atoms in total. The summed E-state index contributed by atoms with van der Waals surface area (Å²) in [5.74, 6) is -0.396. The molecule has 0 aliphatic carbocycles. The highest BCUT2D eigenvalue weighted by atomic mass is 79.9. The van der Waals surface area contributed by atoms with Gasteiger partial charge in [0.2, 0.25) is 0 Å². The van der Waals surface area contributed by atoms with Crippen molar-refractivity contribution in [3.63, 3.8) is 0 Å². The summed E-state index contributed by atoms with van der Waals surface area (Å²) >= 11 is 14.1. The lowest BCUT2D eigenvalue weighted by Crippen LogP contribution is -2.28. The van der Waals surface area contributed by atoms with E-state index in [-0.39, 0.29) is 5.02 Å². The largest absolute Gasteiger partial charge is 0.363 e. The van der Waals surface area contributed by atoms with Gasteiger partial charge >= 0.3 is 0 Å². The minimum Gasteiger partial charge on any atom is -0.363 e. The number of benzene rings is 1. The standard InChI is InChI=1S/C9H9BrClFN2S/c1-2-13-9(15)14-8-6(10)3-5(12)4-7(8)11/h3-4H,2H2,1H3,(H2,13,14,15). The van der Waals surface area contributed by atoms with Crippen LogP contribution in [-0.4, -0.2) is 11.7 Å². The predicted molar refractivity (Wildman–Crippen MR) is 69.0 cm³/mol. The quantitative estimate of drug-likeness (QED) is 0.817. The van der Waals surface area contributed by atoms with Gasteiger partial charge in [-0.1, -0.05) is 11.6 Å². The third kappa shape index (κ3) is 3.59. The zero-order valence-electron chi connectivity index (χ0n) is 7.90. The van der Waals surface area contributed by atoms with E-state index in [1.165, 1.54) is 12.1 Å². The van der Waals surface area contributed by atoms with Crippen LogP contribution in [-0.2, 0) is 0 Å². The highest BCUT2D eigenvalue weighted by Gasteiger charge is 2.08. The molecule has 2 N–H and O–H groups in total. The number of thiocarbonyl (C=S) groups is 1. The van der Waals surface area contributed by atoms with Crippen LogP contribution < -0.4 is 10.6 Å². The SMILES string of the molecule is CCNC(=S)Nc1c(Cl)cc(F)cc1Br. The van der Waals surface area contributed by atoms with Crippen LogP contribution in [0.5, 0.6) is 0 Å². The van der Waals surface area contributed by atoms with E-state index < -0.39 is 5.82 Å². The van der Waals surface area contributed by atoms with Crippen molar-refractivity contribution in [2.45, 2.75) is 6.92 Å². The molecule has 0 fully saturated rings. The fourth-order valence-electron chi connectivity index (χ4n) is 0.980. The van der Waals surface area contributed by atoms with Gasteiger partial charge in [0.15, 0.2) is 5.11 Å². The van der Waals surface area contributed by atoms with Gasteiger partial charge in [-0.2, -0.15) is 0 Å². The second-order valence-corrected chi connectivity index (χ2v) is 4.40. The van der Waals surface area contributed by atoms with Gasteiger partial charge in [0.05, 0.1) is 10.7 Å². The Labute approximate surface area is 106 Å². The summed E-state index contributed by atoms with van der Waals surface area (Å²) in [6.45, 7) is 2.64. The summed E-state index contributed by atoms with van der Waals surface area (Å²) in [6, 6.07) is 2.55. The van der Waals surface area contributed by atoms with Crippen LogP contribution in [0.1, 0.15) is 6.92 Å². The molecule has 0 saturated heterocycles. The third-order valence-corrected chi connectivity index (χ3v) is 2.75. The highest BCUT2D eigenvalue weighted by molar-refractivity contribution is 9.10. The van der Waals surface area contributed by atoms with E-state index in [4.69, 9.17) is 23.8 Å². The summed E-state index contributed by atoms with van der Waals surface area (Å²) in [5.41, 5.74) is 0.559. The molecule has 0 spiro atoms. The van der Waals surface area contributed by atoms with Crippen molar-refractivity contribution >= 4 is 50.5 Å². The molecule has 1 aromatic rings. The number of rotatable bonds is 2. The molecule has 82 valence electrons. The van der Waals surface area contributed by atoms with Crippen molar-refractivity contribution in [3.05, 3.63) is 27.4 Å². The normalized spacial score (nSPS) is 9.87. The van der Waals surface area contributed by atoms with Gasteiger partial charge < -0.3 is 10.6 Å². The van der Waals surface area contributed by atoms with Crippen LogP contribution >= 0.6 is 39.7 Å². The molecular weight excluding hydrogens is 303 g/mol. The molecular formula is C9H9BrClFN2S. The van der Waals surface area contributed by atoms with Crippen LogP contribution in [0.3, 0.4) is 0 Å². The van der Waals surface area contributed by atoms with Gasteiger partial charge in [0.25, 0.3) is 0 Å². The minimum atomic E-state index is -0.396. The fraction of sp³-hybridized carbons (Fsp3) is 0.222. The van der Waals surface area contributed by atoms with Crippen molar-refractivity contribution < 1.29 is 4.39 Å². The molecule has 0 aromatic heterocycles. The van der Waals surface area contributed by atoms with Gasteiger partial charge in [-0.25, -0.2) is 4.39 Å². The number of anilines is 1. The molecule has 0 bridgehead atoms. The smallest absolute Gasteiger partial charge is 0.170 e. The Morgan fingerprint density at radius 1 is 1.60 bits per heavy atom. The first-order valence-corrected chi connectivity index (χ1v) is 5.82. The monoisotopic (exact) mass is 310 g/mol. The highest BCUT2D eigenvalue weighted by Crippen LogP contribution is 2.31. The van der Waals surface area contributed by atoms with Crippen LogP contribution in [0.4, 0.5) is 10.1 Å². The van der Waals surface area contributed by atoms with Crippen molar-refractivity contribution in [2.75, 3.05) is 11.9 Å². The first kappa shape index (κ1) is 12.7. The van der Waals surface area contributed by atoms with Crippen LogP contribution in [0.2, 0.25) is 5.02 Å². The summed E-state index contributed by atoms with van der Waals surface area (Å²) in [7, 11) is 0. The zero-order chi connectivity index (χ0) is 11.4. The maximum Gasteiger partial charge on any atom is 0.170 e. The van der Waals surface area contributed by atoms with Crippen molar-refractivity contribution in [1.29, 1.82) is 0 Å². The Bertz CT molecular complexity index is 363. The lowest BCUT2D eigenvalue weighted by atomic mass is 10.3. The van der Waals surface area contributed by atoms with E-state index in [1.807, 2.05) is 6.92 Å². The fourth-order valence-corrected chi connectivity index (χ4v) is 2.13. The van der Waals surface area contributed by atoms with Gasteiger partial charge in [-0.3, -0.25) is 0 Å². The molecule has 0 unspecified atom stereocenters. The van der Waals surface area contributed by atoms with Crippen molar-refractivity contribution in [1.82, 2.24) is 5.32 Å².